The van der Waals surface area contributed by atoms with Gasteiger partial charge >= 0.3 is 6.16 Å². The Labute approximate surface area is 124 Å². The Hall–Kier alpha value is -0.553. The van der Waals surface area contributed by atoms with Crippen LogP contribution in [0.3, 0.4) is 0 Å². The van der Waals surface area contributed by atoms with Crippen LogP contribution in [0.25, 0.3) is 0 Å². The van der Waals surface area contributed by atoms with Crippen LogP contribution in [0, 0.1) is 11.8 Å². The third-order valence-electron chi connectivity index (χ3n) is 4.61. The summed E-state index contributed by atoms with van der Waals surface area (Å²) in [6.07, 6.45) is -0.674. The van der Waals surface area contributed by atoms with Crippen LogP contribution < -0.4 is 0 Å². The van der Waals surface area contributed by atoms with Crippen molar-refractivity contribution in [2.45, 2.75) is 71.9 Å². The van der Waals surface area contributed by atoms with Gasteiger partial charge in [-0.3, -0.25) is 0 Å². The fourth-order valence-corrected chi connectivity index (χ4v) is 3.70. The van der Waals surface area contributed by atoms with Crippen LogP contribution in [-0.4, -0.2) is 33.3 Å². The highest BCUT2D eigenvalue weighted by molar-refractivity contribution is 6.74. The number of carbonyl (C=O) groups excluding carboxylic acids is 1. The summed E-state index contributed by atoms with van der Waals surface area (Å²) < 4.78 is 16.7. The average Bonchev–Trinajstić information content (AvgIpc) is 2.70. The molecule has 0 unspecified atom stereocenters. The zero-order valence-corrected chi connectivity index (χ0v) is 15.1. The van der Waals surface area contributed by atoms with E-state index in [4.69, 9.17) is 13.9 Å². The van der Waals surface area contributed by atoms with E-state index in [0.29, 0.717) is 12.5 Å². The summed E-state index contributed by atoms with van der Waals surface area (Å²) in [6, 6.07) is 0. The Balaban J connectivity index is 2.82. The van der Waals surface area contributed by atoms with E-state index in [1.165, 1.54) is 0 Å². The number of rotatable bonds is 5. The van der Waals surface area contributed by atoms with Crippen LogP contribution in [0.4, 0.5) is 4.79 Å². The molecule has 1 heterocycles. The minimum atomic E-state index is -1.84. The maximum Gasteiger partial charge on any atom is 0.508 e. The molecule has 4 nitrogen and oxygen atoms in total. The molecule has 118 valence electrons. The number of cyclic esters (lactones) is 2. The van der Waals surface area contributed by atoms with Crippen molar-refractivity contribution in [2.24, 2.45) is 11.8 Å². The predicted molar refractivity (Wildman–Crippen MR) is 82.3 cm³/mol. The van der Waals surface area contributed by atoms with E-state index in [1.54, 1.807) is 0 Å². The van der Waals surface area contributed by atoms with Crippen molar-refractivity contribution < 1.29 is 18.7 Å². The van der Waals surface area contributed by atoms with Gasteiger partial charge in [0.25, 0.3) is 0 Å². The van der Waals surface area contributed by atoms with Gasteiger partial charge in [0.1, 0.15) is 12.7 Å². The summed E-state index contributed by atoms with van der Waals surface area (Å²) in [7, 11) is -1.84. The van der Waals surface area contributed by atoms with Gasteiger partial charge in [0.05, 0.1) is 6.10 Å². The van der Waals surface area contributed by atoms with E-state index >= 15 is 0 Å². The first-order valence-corrected chi connectivity index (χ1v) is 10.4. The van der Waals surface area contributed by atoms with Crippen molar-refractivity contribution in [3.8, 4) is 0 Å². The third kappa shape index (κ3) is 3.98. The highest BCUT2D eigenvalue weighted by Gasteiger charge is 2.43. The van der Waals surface area contributed by atoms with Crippen LogP contribution in [0.1, 0.15) is 41.5 Å². The summed E-state index contributed by atoms with van der Waals surface area (Å²) in [5.74, 6) is 0.508. The lowest BCUT2D eigenvalue weighted by Crippen LogP contribution is -2.49. The van der Waals surface area contributed by atoms with Crippen molar-refractivity contribution in [3.63, 3.8) is 0 Å². The largest absolute Gasteiger partial charge is 0.508 e. The summed E-state index contributed by atoms with van der Waals surface area (Å²) >= 11 is 0. The maximum absolute atomic E-state index is 11.1. The van der Waals surface area contributed by atoms with Gasteiger partial charge < -0.3 is 13.9 Å². The van der Waals surface area contributed by atoms with Gasteiger partial charge in [0.2, 0.25) is 0 Å². The number of hydrogen-bond acceptors (Lipinski definition) is 4. The van der Waals surface area contributed by atoms with Crippen molar-refractivity contribution in [2.75, 3.05) is 6.61 Å². The predicted octanol–water partition coefficient (Wildman–Crippen LogP) is 4.20. The van der Waals surface area contributed by atoms with Crippen LogP contribution in [0.15, 0.2) is 0 Å². The lowest BCUT2D eigenvalue weighted by atomic mass is 9.91. The van der Waals surface area contributed by atoms with Crippen molar-refractivity contribution >= 4 is 14.5 Å². The van der Waals surface area contributed by atoms with Gasteiger partial charge in [-0.25, -0.2) is 4.79 Å². The molecule has 3 atom stereocenters. The molecule has 0 spiro atoms. The normalized spacial score (nSPS) is 23.4. The summed E-state index contributed by atoms with van der Waals surface area (Å²) in [4.78, 5) is 11.1. The summed E-state index contributed by atoms with van der Waals surface area (Å²) in [6.45, 7) is 18.0. The SMILES string of the molecule is CC(C)[C@@H](O[Si](C)(C)C(C)(C)C)[C@@H](C)[C@H]1COC(=O)O1. The first kappa shape index (κ1) is 17.5. The molecule has 0 aromatic rings. The number of carbonyl (C=O) groups is 1. The van der Waals surface area contributed by atoms with Crippen LogP contribution >= 0.6 is 0 Å². The smallest absolute Gasteiger partial charge is 0.430 e. The second-order valence-electron chi connectivity index (χ2n) is 7.66. The Bertz CT molecular complexity index is 346. The molecule has 1 saturated heterocycles. The van der Waals surface area contributed by atoms with Gasteiger partial charge in [0.15, 0.2) is 8.32 Å². The minimum absolute atomic E-state index is 0.0791. The lowest BCUT2D eigenvalue weighted by molar-refractivity contribution is 0.0156. The molecule has 0 N–H and O–H groups in total. The molecule has 0 aromatic carbocycles. The molecular formula is C15H30O4Si. The Morgan fingerprint density at radius 1 is 1.25 bits per heavy atom. The van der Waals surface area contributed by atoms with Crippen LogP contribution in [0.5, 0.6) is 0 Å². The standard InChI is InChI=1S/C15H30O4Si/c1-10(2)13(19-20(7,8)15(4,5)6)11(3)12-9-17-14(16)18-12/h10-13H,9H2,1-8H3/t11-,12+,13+/m0/s1. The first-order valence-electron chi connectivity index (χ1n) is 7.47. The topological polar surface area (TPSA) is 44.8 Å². The van der Waals surface area contributed by atoms with Gasteiger partial charge in [-0.2, -0.15) is 0 Å². The maximum atomic E-state index is 11.1. The quantitative estimate of drug-likeness (QED) is 0.564. The molecule has 0 amide bonds. The molecule has 20 heavy (non-hydrogen) atoms. The molecule has 0 aliphatic carbocycles. The Morgan fingerprint density at radius 3 is 2.15 bits per heavy atom. The lowest BCUT2D eigenvalue weighted by Gasteiger charge is -2.42. The molecule has 1 rings (SSSR count). The molecule has 5 heteroatoms. The van der Waals surface area contributed by atoms with Gasteiger partial charge in [-0.05, 0) is 24.1 Å². The van der Waals surface area contributed by atoms with E-state index in [2.05, 4.69) is 54.6 Å². The molecule has 1 aliphatic heterocycles. The second-order valence-corrected chi connectivity index (χ2v) is 12.4. The van der Waals surface area contributed by atoms with Crippen LogP contribution in [0.2, 0.25) is 18.1 Å². The number of hydrogen-bond donors (Lipinski definition) is 0. The highest BCUT2D eigenvalue weighted by Crippen LogP contribution is 2.39. The molecule has 0 saturated carbocycles. The molecular weight excluding hydrogens is 272 g/mol. The molecule has 0 aromatic heterocycles. The average molecular weight is 302 g/mol. The van der Waals surface area contributed by atoms with Gasteiger partial charge in [-0.15, -0.1) is 0 Å². The fraction of sp³-hybridized carbons (Fsp3) is 0.933. The highest BCUT2D eigenvalue weighted by atomic mass is 28.4. The molecule has 0 bridgehead atoms. The van der Waals surface area contributed by atoms with Gasteiger partial charge in [-0.1, -0.05) is 41.5 Å². The molecule has 1 fully saturated rings. The Kier molecular flexibility index (Phi) is 5.30. The molecule has 0 radical (unpaired) electrons. The van der Waals surface area contributed by atoms with Crippen molar-refractivity contribution in [1.82, 2.24) is 0 Å². The van der Waals surface area contributed by atoms with E-state index in [1.807, 2.05) is 0 Å². The summed E-state index contributed by atoms with van der Waals surface area (Å²) in [5, 5.41) is 0.169. The van der Waals surface area contributed by atoms with E-state index in [9.17, 15) is 4.79 Å². The minimum Gasteiger partial charge on any atom is -0.430 e. The molecule has 1 aliphatic rings. The summed E-state index contributed by atoms with van der Waals surface area (Å²) in [5.41, 5.74) is 0. The van der Waals surface area contributed by atoms with Crippen molar-refractivity contribution in [3.05, 3.63) is 0 Å². The van der Waals surface area contributed by atoms with Crippen molar-refractivity contribution in [1.29, 1.82) is 0 Å². The van der Waals surface area contributed by atoms with E-state index < -0.39 is 14.5 Å². The zero-order valence-electron chi connectivity index (χ0n) is 14.1. The van der Waals surface area contributed by atoms with E-state index in [-0.39, 0.29) is 23.2 Å². The second kappa shape index (κ2) is 6.06. The van der Waals surface area contributed by atoms with E-state index in [0.717, 1.165) is 0 Å². The first-order chi connectivity index (χ1) is 8.95. The fourth-order valence-electron chi connectivity index (χ4n) is 2.18. The van der Waals surface area contributed by atoms with Gasteiger partial charge in [0, 0.05) is 5.92 Å². The van der Waals surface area contributed by atoms with Crippen LogP contribution in [-0.2, 0) is 13.9 Å². The monoisotopic (exact) mass is 302 g/mol. The number of ether oxygens (including phenoxy) is 2. The Morgan fingerprint density at radius 2 is 1.80 bits per heavy atom. The third-order valence-corrected chi connectivity index (χ3v) is 9.09. The zero-order chi connectivity index (χ0) is 15.7.